The van der Waals surface area contributed by atoms with Crippen LogP contribution in [-0.4, -0.2) is 16.7 Å². The molecule has 2 N–H and O–H groups in total. The lowest BCUT2D eigenvalue weighted by atomic mass is 10.00. The van der Waals surface area contributed by atoms with Crippen molar-refractivity contribution in [2.45, 2.75) is 32.4 Å². The summed E-state index contributed by atoms with van der Waals surface area (Å²) in [5.74, 6) is 0. The molecule has 0 aromatic heterocycles. The van der Waals surface area contributed by atoms with Crippen molar-refractivity contribution < 1.29 is 5.11 Å². The van der Waals surface area contributed by atoms with Crippen LogP contribution in [0.4, 0.5) is 5.69 Å². The molecular formula is C12H16N2O. The molecule has 0 aliphatic heterocycles. The second-order valence-corrected chi connectivity index (χ2v) is 4.18. The van der Waals surface area contributed by atoms with Gasteiger partial charge in [-0.2, -0.15) is 5.26 Å². The van der Waals surface area contributed by atoms with E-state index in [1.165, 1.54) is 0 Å². The molecule has 0 saturated heterocycles. The molecule has 1 aromatic rings. The summed E-state index contributed by atoms with van der Waals surface area (Å²) in [6.07, 6.45) is 0. The number of hydrogen-bond donors (Lipinski definition) is 2. The first-order chi connectivity index (χ1) is 6.95. The average Bonchev–Trinajstić information content (AvgIpc) is 2.17. The molecule has 1 unspecified atom stereocenters. The van der Waals surface area contributed by atoms with E-state index in [0.717, 1.165) is 5.69 Å². The van der Waals surface area contributed by atoms with Crippen molar-refractivity contribution in [3.8, 4) is 6.07 Å². The molecule has 1 rings (SSSR count). The maximum atomic E-state index is 9.77. The molecule has 1 atom stereocenters. The third kappa shape index (κ3) is 2.97. The van der Waals surface area contributed by atoms with Crippen LogP contribution in [-0.2, 0) is 0 Å². The highest BCUT2D eigenvalue weighted by atomic mass is 16.3. The maximum Gasteiger partial charge on any atom is 0.101 e. The van der Waals surface area contributed by atoms with E-state index in [1.807, 2.05) is 25.1 Å². The molecule has 0 aliphatic carbocycles. The highest BCUT2D eigenvalue weighted by Crippen LogP contribution is 2.18. The summed E-state index contributed by atoms with van der Waals surface area (Å²) >= 11 is 0. The van der Waals surface area contributed by atoms with E-state index in [9.17, 15) is 5.11 Å². The summed E-state index contributed by atoms with van der Waals surface area (Å²) in [7, 11) is 0. The lowest BCUT2D eigenvalue weighted by molar-refractivity contribution is 0.0649. The van der Waals surface area contributed by atoms with Crippen molar-refractivity contribution in [3.63, 3.8) is 0 Å². The first-order valence-electron chi connectivity index (χ1n) is 4.93. The lowest BCUT2D eigenvalue weighted by Crippen LogP contribution is -2.39. The molecule has 0 radical (unpaired) electrons. The smallest absolute Gasteiger partial charge is 0.101 e. The maximum absolute atomic E-state index is 9.77. The second-order valence-electron chi connectivity index (χ2n) is 4.18. The summed E-state index contributed by atoms with van der Waals surface area (Å²) in [5.41, 5.74) is 0.533. The van der Waals surface area contributed by atoms with Gasteiger partial charge >= 0.3 is 0 Å². The van der Waals surface area contributed by atoms with Gasteiger partial charge in [-0.1, -0.05) is 12.1 Å². The highest BCUT2D eigenvalue weighted by molar-refractivity contribution is 5.57. The number of rotatable bonds is 3. The molecule has 0 saturated carbocycles. The topological polar surface area (TPSA) is 56.0 Å². The van der Waals surface area contributed by atoms with Crippen molar-refractivity contribution in [1.29, 1.82) is 5.26 Å². The molecule has 1 aromatic carbocycles. The molecule has 0 heterocycles. The minimum atomic E-state index is -0.817. The van der Waals surface area contributed by atoms with Crippen molar-refractivity contribution in [1.82, 2.24) is 0 Å². The molecule has 0 spiro atoms. The third-order valence-corrected chi connectivity index (χ3v) is 2.48. The number of benzene rings is 1. The number of aliphatic hydroxyl groups is 1. The Kier molecular flexibility index (Phi) is 3.33. The van der Waals surface area contributed by atoms with Crippen LogP contribution in [0.5, 0.6) is 0 Å². The van der Waals surface area contributed by atoms with Gasteiger partial charge < -0.3 is 10.4 Å². The summed E-state index contributed by atoms with van der Waals surface area (Å²) in [6.45, 7) is 5.35. The average molecular weight is 204 g/mol. The second kappa shape index (κ2) is 4.33. The number of nitrogens with one attached hydrogen (secondary N) is 1. The number of hydrogen-bond acceptors (Lipinski definition) is 3. The number of nitrogens with zero attached hydrogens (tertiary/aromatic N) is 1. The zero-order valence-electron chi connectivity index (χ0n) is 9.28. The van der Waals surface area contributed by atoms with E-state index in [1.54, 1.807) is 19.9 Å². The molecule has 0 fully saturated rings. The molecular weight excluding hydrogens is 188 g/mol. The quantitative estimate of drug-likeness (QED) is 0.793. The zero-order chi connectivity index (χ0) is 11.5. The first kappa shape index (κ1) is 11.5. The molecule has 15 heavy (non-hydrogen) atoms. The van der Waals surface area contributed by atoms with E-state index < -0.39 is 5.60 Å². The van der Waals surface area contributed by atoms with Gasteiger partial charge in [0.05, 0.1) is 22.9 Å². The largest absolute Gasteiger partial charge is 0.388 e. The predicted molar refractivity (Wildman–Crippen MR) is 60.5 cm³/mol. The minimum absolute atomic E-state index is 0.119. The summed E-state index contributed by atoms with van der Waals surface area (Å²) in [6, 6.07) is 9.25. The van der Waals surface area contributed by atoms with Crippen LogP contribution >= 0.6 is 0 Å². The van der Waals surface area contributed by atoms with Crippen LogP contribution in [0.15, 0.2) is 24.3 Å². The van der Waals surface area contributed by atoms with Crippen LogP contribution in [0.1, 0.15) is 26.3 Å². The number of nitriles is 1. The Morgan fingerprint density at radius 1 is 1.40 bits per heavy atom. The van der Waals surface area contributed by atoms with Gasteiger partial charge in [0.2, 0.25) is 0 Å². The van der Waals surface area contributed by atoms with Gasteiger partial charge in [0, 0.05) is 0 Å². The summed E-state index contributed by atoms with van der Waals surface area (Å²) < 4.78 is 0. The van der Waals surface area contributed by atoms with Crippen LogP contribution in [0.2, 0.25) is 0 Å². The Bertz CT molecular complexity index is 374. The van der Waals surface area contributed by atoms with Crippen molar-refractivity contribution in [2.75, 3.05) is 5.32 Å². The first-order valence-corrected chi connectivity index (χ1v) is 4.93. The molecule has 0 aliphatic rings. The fourth-order valence-corrected chi connectivity index (χ4v) is 1.12. The van der Waals surface area contributed by atoms with E-state index in [0.29, 0.717) is 5.56 Å². The minimum Gasteiger partial charge on any atom is -0.388 e. The van der Waals surface area contributed by atoms with Crippen molar-refractivity contribution in [2.24, 2.45) is 0 Å². The number of anilines is 1. The Balaban J connectivity index is 2.86. The fourth-order valence-electron chi connectivity index (χ4n) is 1.12. The Hall–Kier alpha value is -1.53. The van der Waals surface area contributed by atoms with E-state index >= 15 is 0 Å². The fraction of sp³-hybridized carbons (Fsp3) is 0.417. The molecule has 0 amide bonds. The highest BCUT2D eigenvalue weighted by Gasteiger charge is 2.22. The third-order valence-electron chi connectivity index (χ3n) is 2.48. The predicted octanol–water partition coefficient (Wildman–Crippen LogP) is 2.13. The SMILES string of the molecule is CC(Nc1ccccc1C#N)C(C)(C)O. The normalized spacial score (nSPS) is 13.0. The monoisotopic (exact) mass is 204 g/mol. The van der Waals surface area contributed by atoms with Gasteiger partial charge in [-0.05, 0) is 32.9 Å². The van der Waals surface area contributed by atoms with E-state index in [2.05, 4.69) is 11.4 Å². The molecule has 3 heteroatoms. The van der Waals surface area contributed by atoms with Gasteiger partial charge in [0.25, 0.3) is 0 Å². The van der Waals surface area contributed by atoms with Crippen LogP contribution < -0.4 is 5.32 Å². The van der Waals surface area contributed by atoms with E-state index in [4.69, 9.17) is 5.26 Å². The summed E-state index contributed by atoms with van der Waals surface area (Å²) in [5, 5.41) is 21.8. The van der Waals surface area contributed by atoms with Crippen LogP contribution in [0.3, 0.4) is 0 Å². The Morgan fingerprint density at radius 2 is 2.00 bits per heavy atom. The van der Waals surface area contributed by atoms with Gasteiger partial charge in [-0.25, -0.2) is 0 Å². The van der Waals surface area contributed by atoms with Gasteiger partial charge in [0.1, 0.15) is 6.07 Å². The molecule has 0 bridgehead atoms. The van der Waals surface area contributed by atoms with Crippen LogP contribution in [0, 0.1) is 11.3 Å². The Morgan fingerprint density at radius 3 is 2.53 bits per heavy atom. The van der Waals surface area contributed by atoms with Gasteiger partial charge in [-0.3, -0.25) is 0 Å². The van der Waals surface area contributed by atoms with Crippen molar-refractivity contribution in [3.05, 3.63) is 29.8 Å². The van der Waals surface area contributed by atoms with Gasteiger partial charge in [-0.15, -0.1) is 0 Å². The van der Waals surface area contributed by atoms with Gasteiger partial charge in [0.15, 0.2) is 0 Å². The number of para-hydroxylation sites is 1. The molecule has 80 valence electrons. The zero-order valence-corrected chi connectivity index (χ0v) is 9.28. The van der Waals surface area contributed by atoms with Crippen LogP contribution in [0.25, 0.3) is 0 Å². The molecule has 3 nitrogen and oxygen atoms in total. The van der Waals surface area contributed by atoms with Crippen molar-refractivity contribution >= 4 is 5.69 Å². The Labute approximate surface area is 90.4 Å². The van der Waals surface area contributed by atoms with E-state index in [-0.39, 0.29) is 6.04 Å². The summed E-state index contributed by atoms with van der Waals surface area (Å²) in [4.78, 5) is 0. The lowest BCUT2D eigenvalue weighted by Gasteiger charge is -2.27. The standard InChI is InChI=1S/C12H16N2O/c1-9(12(2,3)15)14-11-7-5-4-6-10(11)8-13/h4-7,9,14-15H,1-3H3.